The van der Waals surface area contributed by atoms with Gasteiger partial charge in [-0.05, 0) is 111 Å². The second-order valence-electron chi connectivity index (χ2n) is 8.29. The quantitative estimate of drug-likeness (QED) is 0.201. The Hall–Kier alpha value is -4.12. The van der Waals surface area contributed by atoms with Crippen molar-refractivity contribution < 1.29 is 0 Å². The SMILES string of the molecule is Cc1ccc(Nc2cccc(/N=N/Nc3cccc(Nc4ccc(C)c(C)c4)c3)c2)cc1C. The summed E-state index contributed by atoms with van der Waals surface area (Å²) >= 11 is 0. The van der Waals surface area contributed by atoms with Gasteiger partial charge in [-0.2, -0.15) is 0 Å². The number of hydrogen-bond acceptors (Lipinski definition) is 4. The molecular formula is C28H29N5. The van der Waals surface area contributed by atoms with Crippen LogP contribution in [0.5, 0.6) is 0 Å². The predicted octanol–water partition coefficient (Wildman–Crippen LogP) is 8.52. The lowest BCUT2D eigenvalue weighted by atomic mass is 10.1. The fraction of sp³-hybridized carbons (Fsp3) is 0.143. The summed E-state index contributed by atoms with van der Waals surface area (Å²) in [7, 11) is 0. The first-order chi connectivity index (χ1) is 16.0. The van der Waals surface area contributed by atoms with E-state index in [1.165, 1.54) is 22.3 Å². The van der Waals surface area contributed by atoms with Gasteiger partial charge in [-0.15, -0.1) is 5.11 Å². The molecule has 5 heteroatoms. The molecule has 0 bridgehead atoms. The van der Waals surface area contributed by atoms with Crippen LogP contribution < -0.4 is 16.1 Å². The Labute approximate surface area is 195 Å². The largest absolute Gasteiger partial charge is 0.355 e. The number of nitrogens with zero attached hydrogens (tertiary/aromatic N) is 2. The molecule has 0 saturated heterocycles. The summed E-state index contributed by atoms with van der Waals surface area (Å²) in [6, 6.07) is 28.5. The molecule has 0 aliphatic carbocycles. The molecule has 0 atom stereocenters. The maximum atomic E-state index is 4.32. The molecule has 4 aromatic rings. The zero-order valence-corrected chi connectivity index (χ0v) is 19.5. The smallest absolute Gasteiger partial charge is 0.0894 e. The summed E-state index contributed by atoms with van der Waals surface area (Å²) in [6.07, 6.45) is 0. The molecule has 4 aromatic carbocycles. The Kier molecular flexibility index (Phi) is 6.69. The lowest BCUT2D eigenvalue weighted by Gasteiger charge is -2.10. The van der Waals surface area contributed by atoms with E-state index in [0.29, 0.717) is 0 Å². The number of anilines is 5. The van der Waals surface area contributed by atoms with E-state index in [2.05, 4.69) is 90.5 Å². The topological polar surface area (TPSA) is 60.8 Å². The van der Waals surface area contributed by atoms with Gasteiger partial charge in [0.25, 0.3) is 0 Å². The second-order valence-corrected chi connectivity index (χ2v) is 8.29. The Morgan fingerprint density at radius 1 is 0.485 bits per heavy atom. The van der Waals surface area contributed by atoms with Crippen LogP contribution in [0, 0.1) is 27.7 Å². The van der Waals surface area contributed by atoms with Crippen LogP contribution in [-0.4, -0.2) is 0 Å². The van der Waals surface area contributed by atoms with Crippen molar-refractivity contribution in [2.45, 2.75) is 27.7 Å². The van der Waals surface area contributed by atoms with Crippen LogP contribution in [0.2, 0.25) is 0 Å². The van der Waals surface area contributed by atoms with E-state index in [-0.39, 0.29) is 0 Å². The van der Waals surface area contributed by atoms with Crippen LogP contribution in [0.15, 0.2) is 95.3 Å². The van der Waals surface area contributed by atoms with Crippen molar-refractivity contribution in [3.8, 4) is 0 Å². The second kappa shape index (κ2) is 10.0. The van der Waals surface area contributed by atoms with Crippen LogP contribution in [-0.2, 0) is 0 Å². The van der Waals surface area contributed by atoms with Crippen molar-refractivity contribution in [2.24, 2.45) is 10.3 Å². The third-order valence-electron chi connectivity index (χ3n) is 5.64. The molecule has 0 amide bonds. The van der Waals surface area contributed by atoms with Crippen molar-refractivity contribution in [3.05, 3.63) is 107 Å². The van der Waals surface area contributed by atoms with Gasteiger partial charge in [0.1, 0.15) is 0 Å². The van der Waals surface area contributed by atoms with Crippen molar-refractivity contribution in [1.82, 2.24) is 0 Å². The van der Waals surface area contributed by atoms with E-state index in [4.69, 9.17) is 0 Å². The minimum Gasteiger partial charge on any atom is -0.355 e. The summed E-state index contributed by atoms with van der Waals surface area (Å²) in [5.41, 5.74) is 13.8. The molecule has 3 N–H and O–H groups in total. The van der Waals surface area contributed by atoms with E-state index < -0.39 is 0 Å². The van der Waals surface area contributed by atoms with Gasteiger partial charge < -0.3 is 10.6 Å². The zero-order valence-electron chi connectivity index (χ0n) is 19.5. The number of benzene rings is 4. The molecule has 0 aliphatic rings. The van der Waals surface area contributed by atoms with Gasteiger partial charge in [0.15, 0.2) is 0 Å². The number of rotatable bonds is 7. The van der Waals surface area contributed by atoms with Gasteiger partial charge in [-0.25, -0.2) is 0 Å². The van der Waals surface area contributed by atoms with E-state index in [1.54, 1.807) is 0 Å². The van der Waals surface area contributed by atoms with Gasteiger partial charge >= 0.3 is 0 Å². The molecular weight excluding hydrogens is 406 g/mol. The first kappa shape index (κ1) is 22.1. The van der Waals surface area contributed by atoms with Crippen molar-refractivity contribution in [3.63, 3.8) is 0 Å². The van der Waals surface area contributed by atoms with Crippen LogP contribution >= 0.6 is 0 Å². The lowest BCUT2D eigenvalue weighted by Crippen LogP contribution is -1.93. The Bertz CT molecular complexity index is 1290. The normalized spacial score (nSPS) is 10.9. The fourth-order valence-electron chi connectivity index (χ4n) is 3.42. The molecule has 0 saturated carbocycles. The van der Waals surface area contributed by atoms with Crippen LogP contribution in [0.3, 0.4) is 0 Å². The number of hydrogen-bond donors (Lipinski definition) is 3. The van der Waals surface area contributed by atoms with E-state index >= 15 is 0 Å². The highest BCUT2D eigenvalue weighted by molar-refractivity contribution is 5.66. The number of nitrogens with one attached hydrogen (secondary N) is 3. The molecule has 166 valence electrons. The molecule has 0 spiro atoms. The fourth-order valence-corrected chi connectivity index (χ4v) is 3.42. The highest BCUT2D eigenvalue weighted by atomic mass is 15.4. The average Bonchev–Trinajstić information content (AvgIpc) is 2.79. The molecule has 0 radical (unpaired) electrons. The third-order valence-corrected chi connectivity index (χ3v) is 5.64. The third kappa shape index (κ3) is 5.98. The Morgan fingerprint density at radius 2 is 1.00 bits per heavy atom. The van der Waals surface area contributed by atoms with Crippen molar-refractivity contribution >= 4 is 34.1 Å². The minimum atomic E-state index is 0.765. The average molecular weight is 436 g/mol. The van der Waals surface area contributed by atoms with Crippen LogP contribution in [0.25, 0.3) is 0 Å². The summed E-state index contributed by atoms with van der Waals surface area (Å²) < 4.78 is 0. The van der Waals surface area contributed by atoms with E-state index in [0.717, 1.165) is 34.1 Å². The van der Waals surface area contributed by atoms with Gasteiger partial charge in [0.2, 0.25) is 0 Å². The monoisotopic (exact) mass is 435 g/mol. The number of aryl methyl sites for hydroxylation is 4. The molecule has 0 aromatic heterocycles. The van der Waals surface area contributed by atoms with E-state index in [1.807, 2.05) is 48.5 Å². The van der Waals surface area contributed by atoms with Crippen molar-refractivity contribution in [2.75, 3.05) is 16.1 Å². The summed E-state index contributed by atoms with van der Waals surface area (Å²) in [4.78, 5) is 0. The standard InChI is InChI=1S/C28H29N5/c1-19-11-13-25(15-21(19)3)29-23-7-5-9-27(17-23)31-33-32-28-10-6-8-24(18-28)30-26-14-12-20(2)22(4)16-26/h5-18,29-30H,1-4H3,(H,31,32). The van der Waals surface area contributed by atoms with Gasteiger partial charge in [-0.3, -0.25) is 5.43 Å². The molecule has 0 fully saturated rings. The lowest BCUT2D eigenvalue weighted by molar-refractivity contribution is 1.13. The molecule has 0 heterocycles. The molecule has 33 heavy (non-hydrogen) atoms. The Balaban J connectivity index is 1.39. The maximum Gasteiger partial charge on any atom is 0.0894 e. The summed E-state index contributed by atoms with van der Waals surface area (Å²) in [5.74, 6) is 0. The summed E-state index contributed by atoms with van der Waals surface area (Å²) in [5, 5.41) is 15.4. The molecule has 0 unspecified atom stereocenters. The highest BCUT2D eigenvalue weighted by Gasteiger charge is 2.01. The maximum absolute atomic E-state index is 4.32. The minimum absolute atomic E-state index is 0.765. The Morgan fingerprint density at radius 3 is 1.61 bits per heavy atom. The first-order valence-electron chi connectivity index (χ1n) is 11.0. The zero-order chi connectivity index (χ0) is 23.2. The van der Waals surface area contributed by atoms with Gasteiger partial charge in [0, 0.05) is 22.7 Å². The first-order valence-corrected chi connectivity index (χ1v) is 11.0. The molecule has 0 aliphatic heterocycles. The predicted molar refractivity (Wildman–Crippen MR) is 139 cm³/mol. The van der Waals surface area contributed by atoms with Gasteiger partial charge in [0.05, 0.1) is 11.4 Å². The van der Waals surface area contributed by atoms with Crippen molar-refractivity contribution in [1.29, 1.82) is 0 Å². The van der Waals surface area contributed by atoms with Crippen LogP contribution in [0.4, 0.5) is 34.1 Å². The molecule has 4 rings (SSSR count). The van der Waals surface area contributed by atoms with E-state index in [9.17, 15) is 0 Å². The highest BCUT2D eigenvalue weighted by Crippen LogP contribution is 2.25. The molecule has 5 nitrogen and oxygen atoms in total. The van der Waals surface area contributed by atoms with Crippen LogP contribution in [0.1, 0.15) is 22.3 Å². The summed E-state index contributed by atoms with van der Waals surface area (Å²) in [6.45, 7) is 8.46. The van der Waals surface area contributed by atoms with Gasteiger partial charge in [-0.1, -0.05) is 29.5 Å².